The highest BCUT2D eigenvalue weighted by Gasteiger charge is 2.63. The van der Waals surface area contributed by atoms with Crippen molar-refractivity contribution in [2.24, 2.45) is 29.6 Å². The molecule has 9 nitrogen and oxygen atoms in total. The summed E-state index contributed by atoms with van der Waals surface area (Å²) in [5.74, 6) is -2.98. The number of hydrogen-bond acceptors (Lipinski definition) is 7. The number of allylic oxidation sites excluding steroid dienone is 2. The van der Waals surface area contributed by atoms with Gasteiger partial charge >= 0.3 is 0 Å². The number of phenols is 1. The van der Waals surface area contributed by atoms with Crippen LogP contribution in [0.2, 0.25) is 0 Å². The summed E-state index contributed by atoms with van der Waals surface area (Å²) in [5.41, 5.74) is 5.88. The lowest BCUT2D eigenvalue weighted by atomic mass is 9.57. The molecule has 3 aromatic carbocycles. The highest BCUT2D eigenvalue weighted by atomic mass is 16.3. The van der Waals surface area contributed by atoms with Gasteiger partial charge < -0.3 is 5.11 Å². The minimum Gasteiger partial charge on any atom is -0.507 e. The summed E-state index contributed by atoms with van der Waals surface area (Å²) in [6.45, 7) is 8.69. The fraction of sp³-hybridized carbons (Fsp3) is 0.478. The maximum atomic E-state index is 14.7. The molecule has 0 aromatic heterocycles. The summed E-state index contributed by atoms with van der Waals surface area (Å²) in [7, 11) is 0. The third kappa shape index (κ3) is 6.33. The van der Waals surface area contributed by atoms with Crippen LogP contribution in [-0.4, -0.2) is 86.6 Å². The topological polar surface area (TPSA) is 101 Å². The van der Waals surface area contributed by atoms with Gasteiger partial charge in [-0.2, -0.15) is 0 Å². The quantitative estimate of drug-likeness (QED) is 0.235. The number of hydrogen-bond donors (Lipinski definition) is 1. The number of likely N-dealkylation sites (tertiary alicyclic amines) is 4. The van der Waals surface area contributed by atoms with E-state index in [0.29, 0.717) is 12.8 Å². The zero-order chi connectivity index (χ0) is 38.0. The first-order valence-corrected chi connectivity index (χ1v) is 20.4. The van der Waals surface area contributed by atoms with Crippen molar-refractivity contribution in [2.45, 2.75) is 83.5 Å². The molecule has 4 amide bonds. The molecule has 5 fully saturated rings. The van der Waals surface area contributed by atoms with E-state index in [1.54, 1.807) is 9.80 Å². The highest BCUT2D eigenvalue weighted by molar-refractivity contribution is 6.08. The number of carbonyl (C=O) groups excluding carboxylic acids is 4. The van der Waals surface area contributed by atoms with E-state index in [2.05, 4.69) is 64.4 Å². The molecule has 0 radical (unpaired) electrons. The van der Waals surface area contributed by atoms with E-state index in [1.165, 1.54) is 11.1 Å². The monoisotopic (exact) mass is 740 g/mol. The van der Waals surface area contributed by atoms with Gasteiger partial charge in [-0.05, 0) is 86.1 Å². The number of aryl methyl sites for hydroxylation is 2. The van der Waals surface area contributed by atoms with Crippen molar-refractivity contribution in [3.8, 4) is 5.75 Å². The van der Waals surface area contributed by atoms with Crippen molar-refractivity contribution >= 4 is 23.6 Å². The Balaban J connectivity index is 0.977. The molecule has 6 unspecified atom stereocenters. The van der Waals surface area contributed by atoms with E-state index < -0.39 is 29.6 Å². The second-order valence-electron chi connectivity index (χ2n) is 17.1. The normalized spacial score (nSPS) is 29.4. The zero-order valence-electron chi connectivity index (χ0n) is 32.0. The predicted octanol–water partition coefficient (Wildman–Crippen LogP) is 5.97. The van der Waals surface area contributed by atoms with Crippen LogP contribution >= 0.6 is 0 Å². The molecule has 6 aliphatic rings. The Morgan fingerprint density at radius 3 is 1.58 bits per heavy atom. The third-order valence-corrected chi connectivity index (χ3v) is 13.9. The van der Waals surface area contributed by atoms with Crippen LogP contribution in [0.5, 0.6) is 5.75 Å². The second kappa shape index (κ2) is 14.5. The highest BCUT2D eigenvalue weighted by Crippen LogP contribution is 2.59. The Labute approximate surface area is 324 Å². The molecule has 4 saturated heterocycles. The summed E-state index contributed by atoms with van der Waals surface area (Å²) in [5, 5.41) is 10.8. The number of nitrogens with zero attached hydrogens (tertiary/aromatic N) is 4. The number of rotatable bonds is 7. The fourth-order valence-electron chi connectivity index (χ4n) is 11.3. The lowest BCUT2D eigenvalue weighted by molar-refractivity contribution is -0.146. The molecule has 4 aliphatic heterocycles. The molecule has 9 heteroatoms. The van der Waals surface area contributed by atoms with Crippen molar-refractivity contribution in [3.05, 3.63) is 112 Å². The van der Waals surface area contributed by atoms with Gasteiger partial charge in [0.2, 0.25) is 23.6 Å². The van der Waals surface area contributed by atoms with Crippen molar-refractivity contribution in [1.82, 2.24) is 19.6 Å². The fourth-order valence-corrected chi connectivity index (χ4v) is 11.3. The standard InChI is InChI=1S/C46H52N4O5/c1-28-23-32(24-29(2)42(28)51)39-35-13-14-36-40(45(54)49(43(36)52)33-15-19-47(20-16-33)26-30-9-5-3-6-10-30)37(35)25-38-41(39)46(55)50(44(38)53)34-17-21-48(22-18-34)27-31-11-7-4-8-12-31/h3-13,23-24,33-34,36-41,51H,14-22,25-27H2,1-2H3. The number of piperidine rings is 2. The van der Waals surface area contributed by atoms with Gasteiger partial charge in [0.15, 0.2) is 0 Å². The first-order chi connectivity index (χ1) is 26.7. The van der Waals surface area contributed by atoms with Crippen LogP contribution in [0, 0.1) is 43.4 Å². The summed E-state index contributed by atoms with van der Waals surface area (Å²) in [4.78, 5) is 66.3. The van der Waals surface area contributed by atoms with Crippen LogP contribution in [0.25, 0.3) is 0 Å². The van der Waals surface area contributed by atoms with Gasteiger partial charge in [0, 0.05) is 57.3 Å². The van der Waals surface area contributed by atoms with E-state index in [-0.39, 0.29) is 47.4 Å². The maximum absolute atomic E-state index is 14.7. The van der Waals surface area contributed by atoms with Crippen molar-refractivity contribution < 1.29 is 24.3 Å². The lowest BCUT2D eigenvalue weighted by Gasteiger charge is -2.44. The minimum absolute atomic E-state index is 0.0699. The zero-order valence-corrected chi connectivity index (χ0v) is 32.0. The summed E-state index contributed by atoms with van der Waals surface area (Å²) < 4.78 is 0. The minimum atomic E-state index is -0.575. The molecule has 286 valence electrons. The van der Waals surface area contributed by atoms with Crippen LogP contribution in [-0.2, 0) is 32.3 Å². The Bertz CT molecular complexity index is 1990. The van der Waals surface area contributed by atoms with Gasteiger partial charge in [-0.15, -0.1) is 0 Å². The smallest absolute Gasteiger partial charge is 0.234 e. The Morgan fingerprint density at radius 1 is 0.600 bits per heavy atom. The molecule has 6 atom stereocenters. The Hall–Kier alpha value is -4.60. The molecular formula is C46H52N4O5. The molecule has 3 aromatic rings. The number of imide groups is 2. The molecule has 55 heavy (non-hydrogen) atoms. The number of aromatic hydroxyl groups is 1. The van der Waals surface area contributed by atoms with Crippen molar-refractivity contribution in [1.29, 1.82) is 0 Å². The average molecular weight is 741 g/mol. The molecule has 9 rings (SSSR count). The maximum Gasteiger partial charge on any atom is 0.234 e. The number of carbonyl (C=O) groups is 4. The van der Waals surface area contributed by atoms with Gasteiger partial charge in [-0.1, -0.05) is 84.4 Å². The van der Waals surface area contributed by atoms with Crippen LogP contribution in [0.3, 0.4) is 0 Å². The Morgan fingerprint density at radius 2 is 1.07 bits per heavy atom. The van der Waals surface area contributed by atoms with Gasteiger partial charge in [0.25, 0.3) is 0 Å². The molecule has 0 bridgehead atoms. The van der Waals surface area contributed by atoms with E-state index in [1.807, 2.05) is 38.1 Å². The molecule has 1 saturated carbocycles. The number of phenolic OH excluding ortho intramolecular Hbond substituents is 1. The first-order valence-electron chi connectivity index (χ1n) is 20.4. The third-order valence-electron chi connectivity index (χ3n) is 13.9. The van der Waals surface area contributed by atoms with E-state index in [9.17, 15) is 24.3 Å². The number of amides is 4. The number of fused-ring (bicyclic) bond motifs is 4. The Kier molecular flexibility index (Phi) is 9.49. The largest absolute Gasteiger partial charge is 0.507 e. The summed E-state index contributed by atoms with van der Waals surface area (Å²) >= 11 is 0. The van der Waals surface area contributed by atoms with E-state index >= 15 is 0 Å². The second-order valence-corrected chi connectivity index (χ2v) is 17.1. The van der Waals surface area contributed by atoms with Crippen molar-refractivity contribution in [2.75, 3.05) is 26.2 Å². The van der Waals surface area contributed by atoms with Crippen LogP contribution in [0.1, 0.15) is 72.3 Å². The molecule has 1 N–H and O–H groups in total. The van der Waals surface area contributed by atoms with Crippen LogP contribution < -0.4 is 0 Å². The van der Waals surface area contributed by atoms with Gasteiger partial charge in [0.1, 0.15) is 5.75 Å². The molecule has 2 aliphatic carbocycles. The van der Waals surface area contributed by atoms with Crippen molar-refractivity contribution in [3.63, 3.8) is 0 Å². The molecular weight excluding hydrogens is 689 g/mol. The lowest BCUT2D eigenvalue weighted by Crippen LogP contribution is -2.48. The van der Waals surface area contributed by atoms with Crippen LogP contribution in [0.15, 0.2) is 84.4 Å². The van der Waals surface area contributed by atoms with Crippen LogP contribution in [0.4, 0.5) is 0 Å². The van der Waals surface area contributed by atoms with E-state index in [0.717, 1.165) is 87.2 Å². The van der Waals surface area contributed by atoms with Gasteiger partial charge in [0.05, 0.1) is 23.7 Å². The van der Waals surface area contributed by atoms with Gasteiger partial charge in [-0.3, -0.25) is 38.8 Å². The predicted molar refractivity (Wildman–Crippen MR) is 208 cm³/mol. The molecule has 4 heterocycles. The molecule has 0 spiro atoms. The summed E-state index contributed by atoms with van der Waals surface area (Å²) in [6, 6.07) is 24.4. The average Bonchev–Trinajstić information content (AvgIpc) is 3.60. The van der Waals surface area contributed by atoms with Gasteiger partial charge in [-0.25, -0.2) is 0 Å². The van der Waals surface area contributed by atoms with E-state index in [4.69, 9.17) is 0 Å². The first kappa shape index (κ1) is 36.1. The summed E-state index contributed by atoms with van der Waals surface area (Å²) in [6.07, 6.45) is 5.97. The SMILES string of the molecule is Cc1cc(C2C3=CCC4C(=O)N(C5CCN(Cc6ccccc6)CC5)C(=O)C4C3CC3C(=O)N(C4CCN(Cc5ccccc5)CC4)C(=O)C32)cc(C)c1O. The number of benzene rings is 3.